The highest BCUT2D eigenvalue weighted by atomic mass is 16.5. The molecule has 3 aromatic rings. The lowest BCUT2D eigenvalue weighted by Crippen LogP contribution is -2.38. The largest absolute Gasteiger partial charge is 0.492 e. The van der Waals surface area contributed by atoms with Crippen LogP contribution < -0.4 is 15.4 Å². The first-order valence-electron chi connectivity index (χ1n) is 10.6. The molecule has 2 aromatic carbocycles. The molecule has 1 fully saturated rings. The van der Waals surface area contributed by atoms with E-state index in [1.54, 1.807) is 0 Å². The van der Waals surface area contributed by atoms with Crippen LogP contribution in [0.3, 0.4) is 0 Å². The molecule has 1 saturated heterocycles. The summed E-state index contributed by atoms with van der Waals surface area (Å²) < 4.78 is 13.2. The van der Waals surface area contributed by atoms with E-state index in [0.717, 1.165) is 55.5 Å². The fraction of sp³-hybridized carbons (Fsp3) is 0.292. The summed E-state index contributed by atoms with van der Waals surface area (Å²) in [7, 11) is 0. The third kappa shape index (κ3) is 6.34. The molecule has 0 bridgehead atoms. The first kappa shape index (κ1) is 21.0. The van der Waals surface area contributed by atoms with Crippen molar-refractivity contribution in [3.05, 3.63) is 78.6 Å². The van der Waals surface area contributed by atoms with E-state index in [0.29, 0.717) is 13.2 Å². The van der Waals surface area contributed by atoms with E-state index >= 15 is 0 Å². The minimum atomic E-state index is -0.247. The Morgan fingerprint density at radius 2 is 1.81 bits per heavy atom. The van der Waals surface area contributed by atoms with Gasteiger partial charge in [0, 0.05) is 49.9 Å². The van der Waals surface area contributed by atoms with Gasteiger partial charge in [-0.05, 0) is 48.0 Å². The Bertz CT molecular complexity index is 968. The van der Waals surface area contributed by atoms with Crippen molar-refractivity contribution in [2.24, 2.45) is 0 Å². The van der Waals surface area contributed by atoms with Crippen molar-refractivity contribution in [2.45, 2.75) is 6.54 Å². The Kier molecular flexibility index (Phi) is 7.20. The zero-order valence-electron chi connectivity index (χ0n) is 17.5. The number of nitrogens with one attached hydrogen (secondary N) is 2. The number of carbonyl (C=O) groups excluding carboxylic acids is 1. The molecule has 2 heterocycles. The maximum absolute atomic E-state index is 12.3. The summed E-state index contributed by atoms with van der Waals surface area (Å²) in [6.45, 7) is 5.43. The van der Waals surface area contributed by atoms with Crippen LogP contribution in [0.1, 0.15) is 5.56 Å². The molecule has 1 aliphatic rings. The molecule has 0 spiro atoms. The zero-order valence-corrected chi connectivity index (χ0v) is 17.5. The van der Waals surface area contributed by atoms with Crippen LogP contribution in [0.4, 0.5) is 10.5 Å². The second-order valence-corrected chi connectivity index (χ2v) is 7.40. The van der Waals surface area contributed by atoms with Gasteiger partial charge in [-0.25, -0.2) is 4.79 Å². The van der Waals surface area contributed by atoms with Crippen LogP contribution in [0.5, 0.6) is 5.75 Å². The molecule has 1 aliphatic heterocycles. The lowest BCUT2D eigenvalue weighted by molar-refractivity contribution is 0.0322. The second kappa shape index (κ2) is 10.7. The summed E-state index contributed by atoms with van der Waals surface area (Å²) in [6, 6.07) is 19.2. The normalized spacial score (nSPS) is 14.2. The number of urea groups is 1. The quantitative estimate of drug-likeness (QED) is 0.585. The highest BCUT2D eigenvalue weighted by molar-refractivity contribution is 5.89. The van der Waals surface area contributed by atoms with E-state index in [1.807, 2.05) is 77.6 Å². The number of rotatable bonds is 8. The molecule has 2 N–H and O–H groups in total. The van der Waals surface area contributed by atoms with Gasteiger partial charge >= 0.3 is 6.03 Å². The predicted molar refractivity (Wildman–Crippen MR) is 121 cm³/mol. The number of nitrogens with zero attached hydrogens (tertiary/aromatic N) is 2. The SMILES string of the molecule is O=C(NCc1cccc(OCCN2CCOCC2)c1)Nc1cccc(-n2cccc2)c1. The summed E-state index contributed by atoms with van der Waals surface area (Å²) in [5.74, 6) is 0.812. The van der Waals surface area contributed by atoms with Gasteiger partial charge in [0.05, 0.1) is 13.2 Å². The Morgan fingerprint density at radius 1 is 1.00 bits per heavy atom. The van der Waals surface area contributed by atoms with E-state index in [1.165, 1.54) is 0 Å². The van der Waals surface area contributed by atoms with E-state index in [9.17, 15) is 4.79 Å². The topological polar surface area (TPSA) is 67.8 Å². The average molecular weight is 421 g/mol. The van der Waals surface area contributed by atoms with Gasteiger partial charge in [0.1, 0.15) is 12.4 Å². The summed E-state index contributed by atoms with van der Waals surface area (Å²) >= 11 is 0. The molecular formula is C24H28N4O3. The standard InChI is InChI=1S/C24H28N4O3/c29-24(26-21-6-4-7-22(18-21)28-9-1-2-10-28)25-19-20-5-3-8-23(17-20)31-16-13-27-11-14-30-15-12-27/h1-10,17-18H,11-16,19H2,(H2,25,26,29). The molecule has 7 nitrogen and oxygen atoms in total. The van der Waals surface area contributed by atoms with Gasteiger partial charge in [0.2, 0.25) is 0 Å². The van der Waals surface area contributed by atoms with E-state index < -0.39 is 0 Å². The molecule has 0 unspecified atom stereocenters. The third-order valence-electron chi connectivity index (χ3n) is 5.14. The van der Waals surface area contributed by atoms with Crippen LogP contribution in [-0.2, 0) is 11.3 Å². The van der Waals surface area contributed by atoms with Crippen molar-refractivity contribution in [1.82, 2.24) is 14.8 Å². The number of amides is 2. The monoisotopic (exact) mass is 420 g/mol. The molecular weight excluding hydrogens is 392 g/mol. The van der Waals surface area contributed by atoms with Crippen molar-refractivity contribution in [2.75, 3.05) is 44.8 Å². The number of hydrogen-bond acceptors (Lipinski definition) is 4. The van der Waals surface area contributed by atoms with Crippen LogP contribution in [0.2, 0.25) is 0 Å². The van der Waals surface area contributed by atoms with Crippen LogP contribution in [0, 0.1) is 0 Å². The highest BCUT2D eigenvalue weighted by Crippen LogP contribution is 2.16. The van der Waals surface area contributed by atoms with E-state index in [4.69, 9.17) is 9.47 Å². The van der Waals surface area contributed by atoms with Crippen molar-refractivity contribution in [1.29, 1.82) is 0 Å². The number of carbonyl (C=O) groups is 1. The third-order valence-corrected chi connectivity index (χ3v) is 5.14. The lowest BCUT2D eigenvalue weighted by atomic mass is 10.2. The van der Waals surface area contributed by atoms with Crippen LogP contribution >= 0.6 is 0 Å². The van der Waals surface area contributed by atoms with Gasteiger partial charge in [0.25, 0.3) is 0 Å². The highest BCUT2D eigenvalue weighted by Gasteiger charge is 2.10. The number of morpholine rings is 1. The minimum Gasteiger partial charge on any atom is -0.492 e. The second-order valence-electron chi connectivity index (χ2n) is 7.40. The van der Waals surface area contributed by atoms with Crippen LogP contribution in [0.25, 0.3) is 5.69 Å². The summed E-state index contributed by atoms with van der Waals surface area (Å²) in [6.07, 6.45) is 3.93. The average Bonchev–Trinajstić information content (AvgIpc) is 3.34. The Labute approximate surface area is 182 Å². The molecule has 2 amide bonds. The van der Waals surface area contributed by atoms with Crippen molar-refractivity contribution in [3.63, 3.8) is 0 Å². The van der Waals surface area contributed by atoms with Crippen molar-refractivity contribution >= 4 is 11.7 Å². The van der Waals surface area contributed by atoms with Gasteiger partial charge in [0.15, 0.2) is 0 Å². The molecule has 0 radical (unpaired) electrons. The van der Waals surface area contributed by atoms with Gasteiger partial charge < -0.3 is 24.7 Å². The van der Waals surface area contributed by atoms with Gasteiger partial charge in [-0.2, -0.15) is 0 Å². The fourth-order valence-corrected chi connectivity index (χ4v) is 3.47. The first-order valence-corrected chi connectivity index (χ1v) is 10.6. The number of anilines is 1. The Hall–Kier alpha value is -3.29. The first-order chi connectivity index (χ1) is 15.3. The smallest absolute Gasteiger partial charge is 0.319 e. The zero-order chi connectivity index (χ0) is 21.3. The predicted octanol–water partition coefficient (Wildman–Crippen LogP) is 3.51. The molecule has 0 aliphatic carbocycles. The lowest BCUT2D eigenvalue weighted by Gasteiger charge is -2.26. The van der Waals surface area contributed by atoms with Crippen LogP contribution in [0.15, 0.2) is 73.1 Å². The number of aromatic nitrogens is 1. The molecule has 7 heteroatoms. The van der Waals surface area contributed by atoms with Crippen molar-refractivity contribution in [3.8, 4) is 11.4 Å². The fourth-order valence-electron chi connectivity index (χ4n) is 3.47. The van der Waals surface area contributed by atoms with Crippen LogP contribution in [-0.4, -0.2) is 55.0 Å². The minimum absolute atomic E-state index is 0.247. The van der Waals surface area contributed by atoms with E-state index in [-0.39, 0.29) is 6.03 Å². The molecule has 31 heavy (non-hydrogen) atoms. The maximum Gasteiger partial charge on any atom is 0.319 e. The number of benzene rings is 2. The summed E-state index contributed by atoms with van der Waals surface area (Å²) in [5, 5.41) is 5.79. The van der Waals surface area contributed by atoms with Gasteiger partial charge in [-0.1, -0.05) is 18.2 Å². The maximum atomic E-state index is 12.3. The molecule has 1 aromatic heterocycles. The number of ether oxygens (including phenoxy) is 2. The van der Waals surface area contributed by atoms with Gasteiger partial charge in [-0.15, -0.1) is 0 Å². The Morgan fingerprint density at radius 3 is 2.65 bits per heavy atom. The summed E-state index contributed by atoms with van der Waals surface area (Å²) in [4.78, 5) is 14.7. The molecule has 162 valence electrons. The molecule has 4 rings (SSSR count). The molecule has 0 saturated carbocycles. The number of hydrogen-bond donors (Lipinski definition) is 2. The Balaban J connectivity index is 1.24. The van der Waals surface area contributed by atoms with Crippen molar-refractivity contribution < 1.29 is 14.3 Å². The van der Waals surface area contributed by atoms with Gasteiger partial charge in [-0.3, -0.25) is 4.90 Å². The summed E-state index contributed by atoms with van der Waals surface area (Å²) in [5.41, 5.74) is 2.72. The van der Waals surface area contributed by atoms with E-state index in [2.05, 4.69) is 15.5 Å². The molecule has 0 atom stereocenters.